The van der Waals surface area contributed by atoms with Gasteiger partial charge in [0.05, 0.1) is 30.0 Å². The Morgan fingerprint density at radius 1 is 1.45 bits per heavy atom. The van der Waals surface area contributed by atoms with Crippen molar-refractivity contribution in [2.75, 3.05) is 13.2 Å². The number of aryl methyl sites for hydroxylation is 1. The van der Waals surface area contributed by atoms with Gasteiger partial charge in [0.25, 0.3) is 5.91 Å². The highest BCUT2D eigenvalue weighted by molar-refractivity contribution is 6.34. The molecule has 1 saturated heterocycles. The van der Waals surface area contributed by atoms with Crippen molar-refractivity contribution in [3.63, 3.8) is 0 Å². The molecular weight excluding hydrogens is 304 g/mol. The fraction of sp³-hybridized carbons (Fsp3) is 0.400. The molecule has 0 bridgehead atoms. The Balaban J connectivity index is 1.66. The smallest absolute Gasteiger partial charge is 0.273 e. The molecule has 1 aliphatic heterocycles. The molecule has 6 nitrogen and oxygen atoms in total. The number of amides is 1. The van der Waals surface area contributed by atoms with Crippen LogP contribution in [0.25, 0.3) is 0 Å². The van der Waals surface area contributed by atoms with Gasteiger partial charge in [0.15, 0.2) is 5.69 Å². The number of carbonyl (C=O) groups is 1. The summed E-state index contributed by atoms with van der Waals surface area (Å²) in [6.07, 6.45) is 4.37. The second kappa shape index (κ2) is 6.46. The van der Waals surface area contributed by atoms with Crippen molar-refractivity contribution in [1.82, 2.24) is 20.5 Å². The van der Waals surface area contributed by atoms with E-state index in [-0.39, 0.29) is 23.6 Å². The summed E-state index contributed by atoms with van der Waals surface area (Å²) in [5, 5.41) is 10.00. The molecule has 2 aromatic heterocycles. The first-order valence-corrected chi connectivity index (χ1v) is 7.51. The van der Waals surface area contributed by atoms with E-state index in [4.69, 9.17) is 16.3 Å². The molecule has 2 atom stereocenters. The van der Waals surface area contributed by atoms with E-state index in [0.717, 1.165) is 6.42 Å². The van der Waals surface area contributed by atoms with E-state index in [0.29, 0.717) is 23.9 Å². The maximum Gasteiger partial charge on any atom is 0.273 e. The lowest BCUT2D eigenvalue weighted by molar-refractivity contribution is 0.0920. The number of halogens is 1. The summed E-state index contributed by atoms with van der Waals surface area (Å²) in [7, 11) is 0. The van der Waals surface area contributed by atoms with Gasteiger partial charge in [-0.15, -0.1) is 0 Å². The predicted molar refractivity (Wildman–Crippen MR) is 81.8 cm³/mol. The molecule has 0 aromatic carbocycles. The van der Waals surface area contributed by atoms with E-state index < -0.39 is 0 Å². The average molecular weight is 321 g/mol. The van der Waals surface area contributed by atoms with Crippen LogP contribution in [0.5, 0.6) is 0 Å². The van der Waals surface area contributed by atoms with Crippen molar-refractivity contribution in [3.8, 4) is 0 Å². The molecule has 1 aliphatic rings. The summed E-state index contributed by atoms with van der Waals surface area (Å²) in [4.78, 5) is 16.3. The number of carbonyl (C=O) groups excluding carboxylic acids is 1. The SMILES string of the molecule is Cc1[nH]nc(C(=O)N[C@H]2COC[C@H]2Cc2ccncc2)c1Cl. The number of pyridine rings is 1. The third kappa shape index (κ3) is 3.13. The van der Waals surface area contributed by atoms with Gasteiger partial charge in [-0.3, -0.25) is 14.9 Å². The molecule has 0 aliphatic carbocycles. The van der Waals surface area contributed by atoms with E-state index in [1.807, 2.05) is 12.1 Å². The van der Waals surface area contributed by atoms with Crippen molar-refractivity contribution in [3.05, 3.63) is 46.5 Å². The lowest BCUT2D eigenvalue weighted by Gasteiger charge is -2.18. The molecule has 22 heavy (non-hydrogen) atoms. The number of rotatable bonds is 4. The van der Waals surface area contributed by atoms with Crippen LogP contribution < -0.4 is 5.32 Å². The second-order valence-corrected chi connectivity index (χ2v) is 5.83. The maximum atomic E-state index is 12.3. The van der Waals surface area contributed by atoms with Crippen LogP contribution >= 0.6 is 11.6 Å². The van der Waals surface area contributed by atoms with Crippen LogP contribution in [0.4, 0.5) is 0 Å². The first-order chi connectivity index (χ1) is 10.6. The summed E-state index contributed by atoms with van der Waals surface area (Å²) >= 11 is 6.06. The zero-order chi connectivity index (χ0) is 15.5. The van der Waals surface area contributed by atoms with Gasteiger partial charge in [-0.2, -0.15) is 5.10 Å². The highest BCUT2D eigenvalue weighted by atomic mass is 35.5. The Morgan fingerprint density at radius 2 is 2.23 bits per heavy atom. The Labute approximate surface area is 133 Å². The van der Waals surface area contributed by atoms with E-state index in [2.05, 4.69) is 20.5 Å². The van der Waals surface area contributed by atoms with Gasteiger partial charge in [0.2, 0.25) is 0 Å². The average Bonchev–Trinajstić information content (AvgIpc) is 3.08. The zero-order valence-electron chi connectivity index (χ0n) is 12.2. The van der Waals surface area contributed by atoms with Gasteiger partial charge >= 0.3 is 0 Å². The molecule has 0 unspecified atom stereocenters. The van der Waals surface area contributed by atoms with Crippen molar-refractivity contribution in [1.29, 1.82) is 0 Å². The minimum atomic E-state index is -0.274. The van der Waals surface area contributed by atoms with Gasteiger partial charge in [0, 0.05) is 18.3 Å². The molecule has 2 N–H and O–H groups in total. The van der Waals surface area contributed by atoms with Gasteiger partial charge in [-0.25, -0.2) is 0 Å². The largest absolute Gasteiger partial charge is 0.379 e. The van der Waals surface area contributed by atoms with Crippen molar-refractivity contribution < 1.29 is 9.53 Å². The summed E-state index contributed by atoms with van der Waals surface area (Å²) in [6.45, 7) is 2.90. The van der Waals surface area contributed by atoms with Crippen LogP contribution in [0, 0.1) is 12.8 Å². The minimum absolute atomic E-state index is 0.0475. The quantitative estimate of drug-likeness (QED) is 0.899. The van der Waals surface area contributed by atoms with Crippen LogP contribution in [0.3, 0.4) is 0 Å². The first-order valence-electron chi connectivity index (χ1n) is 7.13. The van der Waals surface area contributed by atoms with Crippen LogP contribution in [0.2, 0.25) is 5.02 Å². The summed E-state index contributed by atoms with van der Waals surface area (Å²) < 4.78 is 5.52. The summed E-state index contributed by atoms with van der Waals surface area (Å²) in [5.41, 5.74) is 2.09. The van der Waals surface area contributed by atoms with E-state index in [1.54, 1.807) is 19.3 Å². The number of nitrogens with zero attached hydrogens (tertiary/aromatic N) is 2. The van der Waals surface area contributed by atoms with Crippen molar-refractivity contribution >= 4 is 17.5 Å². The minimum Gasteiger partial charge on any atom is -0.379 e. The lowest BCUT2D eigenvalue weighted by atomic mass is 9.95. The Hall–Kier alpha value is -1.92. The Morgan fingerprint density at radius 3 is 2.91 bits per heavy atom. The monoisotopic (exact) mass is 320 g/mol. The number of aromatic nitrogens is 3. The van der Waals surface area contributed by atoms with Gasteiger partial charge < -0.3 is 10.1 Å². The highest BCUT2D eigenvalue weighted by Crippen LogP contribution is 2.21. The number of aromatic amines is 1. The Kier molecular flexibility index (Phi) is 4.40. The number of ether oxygens (including phenoxy) is 1. The lowest BCUT2D eigenvalue weighted by Crippen LogP contribution is -2.40. The number of hydrogen-bond acceptors (Lipinski definition) is 4. The second-order valence-electron chi connectivity index (χ2n) is 5.45. The molecule has 3 rings (SSSR count). The molecule has 2 aromatic rings. The number of hydrogen-bond donors (Lipinski definition) is 2. The molecule has 1 amide bonds. The topological polar surface area (TPSA) is 79.9 Å². The molecule has 1 fully saturated rings. The maximum absolute atomic E-state index is 12.3. The molecule has 0 radical (unpaired) electrons. The molecule has 0 saturated carbocycles. The number of nitrogens with one attached hydrogen (secondary N) is 2. The fourth-order valence-electron chi connectivity index (χ4n) is 2.58. The van der Waals surface area contributed by atoms with Crippen LogP contribution in [-0.2, 0) is 11.2 Å². The van der Waals surface area contributed by atoms with E-state index in [9.17, 15) is 4.79 Å². The van der Waals surface area contributed by atoms with Crippen LogP contribution in [-0.4, -0.2) is 40.3 Å². The summed E-state index contributed by atoms with van der Waals surface area (Å²) in [6, 6.07) is 3.91. The normalized spacial score (nSPS) is 21.0. The standard InChI is InChI=1S/C15H17ClN4O2/c1-9-13(16)14(20-19-9)15(21)18-12-8-22-7-11(12)6-10-2-4-17-5-3-10/h2-5,11-12H,6-8H2,1H3,(H,18,21)(H,19,20)/t11-,12+/m1/s1. The molecule has 7 heteroatoms. The third-order valence-electron chi connectivity index (χ3n) is 3.85. The fourth-order valence-corrected chi connectivity index (χ4v) is 2.75. The number of H-pyrrole nitrogens is 1. The van der Waals surface area contributed by atoms with Crippen LogP contribution in [0.1, 0.15) is 21.7 Å². The Bertz CT molecular complexity index is 659. The van der Waals surface area contributed by atoms with Gasteiger partial charge in [0.1, 0.15) is 0 Å². The molecule has 116 valence electrons. The predicted octanol–water partition coefficient (Wildman–Crippen LogP) is 1.75. The highest BCUT2D eigenvalue weighted by Gasteiger charge is 2.31. The van der Waals surface area contributed by atoms with Crippen molar-refractivity contribution in [2.24, 2.45) is 5.92 Å². The molecular formula is C15H17ClN4O2. The van der Waals surface area contributed by atoms with Crippen molar-refractivity contribution in [2.45, 2.75) is 19.4 Å². The van der Waals surface area contributed by atoms with Gasteiger partial charge in [-0.05, 0) is 31.0 Å². The van der Waals surface area contributed by atoms with E-state index >= 15 is 0 Å². The van der Waals surface area contributed by atoms with Gasteiger partial charge in [-0.1, -0.05) is 11.6 Å². The molecule has 0 spiro atoms. The molecule has 3 heterocycles. The van der Waals surface area contributed by atoms with Crippen LogP contribution in [0.15, 0.2) is 24.5 Å². The summed E-state index contributed by atoms with van der Waals surface area (Å²) in [5.74, 6) is -0.0465. The first kappa shape index (κ1) is 15.0. The third-order valence-corrected chi connectivity index (χ3v) is 4.31. The van der Waals surface area contributed by atoms with E-state index in [1.165, 1.54) is 5.56 Å². The zero-order valence-corrected chi connectivity index (χ0v) is 12.9.